The molecule has 3 aliphatic heterocycles. The number of ether oxygens (including phenoxy) is 2. The van der Waals surface area contributed by atoms with E-state index < -0.39 is 12.0 Å². The summed E-state index contributed by atoms with van der Waals surface area (Å²) in [5.41, 5.74) is 1.92. The molecular weight excluding hydrogens is 420 g/mol. The highest BCUT2D eigenvalue weighted by atomic mass is 16.5. The fraction of sp³-hybridized carbons (Fsp3) is 0.600. The van der Waals surface area contributed by atoms with E-state index in [0.717, 1.165) is 37.2 Å². The number of benzene rings is 1. The maximum absolute atomic E-state index is 13.0. The number of hydrogen-bond acceptors (Lipinski definition) is 6. The zero-order valence-electron chi connectivity index (χ0n) is 19.8. The van der Waals surface area contributed by atoms with E-state index in [9.17, 15) is 9.59 Å². The smallest absolute Gasteiger partial charge is 0.338 e. The van der Waals surface area contributed by atoms with Crippen molar-refractivity contribution in [2.24, 2.45) is 0 Å². The highest BCUT2D eigenvalue weighted by Gasteiger charge is 2.35. The number of carbonyl (C=O) groups excluding carboxylic acids is 2. The Hall–Kier alpha value is -2.58. The zero-order valence-corrected chi connectivity index (χ0v) is 19.8. The molecule has 1 atom stereocenters. The second-order valence-corrected chi connectivity index (χ2v) is 9.02. The number of nitrogens with one attached hydrogen (secondary N) is 2. The summed E-state index contributed by atoms with van der Waals surface area (Å²) >= 11 is 0. The summed E-state index contributed by atoms with van der Waals surface area (Å²) in [4.78, 5) is 30.5. The molecule has 1 aromatic rings. The number of carbonyl (C=O) groups is 2. The number of methoxy groups -OCH3 is 1. The van der Waals surface area contributed by atoms with Crippen LogP contribution in [0.15, 0.2) is 35.5 Å². The predicted molar refractivity (Wildman–Crippen MR) is 126 cm³/mol. The van der Waals surface area contributed by atoms with Gasteiger partial charge in [-0.2, -0.15) is 0 Å². The Kier molecular flexibility index (Phi) is 7.88. The molecule has 0 aromatic heterocycles. The largest absolute Gasteiger partial charge is 0.497 e. The Labute approximate surface area is 196 Å². The minimum Gasteiger partial charge on any atom is -0.497 e. The first kappa shape index (κ1) is 23.6. The molecule has 8 heteroatoms. The van der Waals surface area contributed by atoms with Gasteiger partial charge in [-0.1, -0.05) is 18.6 Å². The van der Waals surface area contributed by atoms with Gasteiger partial charge in [-0.25, -0.2) is 9.59 Å². The Balaban J connectivity index is 1.52. The SMILES string of the molecule is CCOC(=O)C1=C(CN2CCC(N3CCCCC3)CC2)NC(=O)NC1c1ccc(OC)cc1. The highest BCUT2D eigenvalue weighted by Crippen LogP contribution is 2.30. The van der Waals surface area contributed by atoms with Crippen molar-refractivity contribution in [3.05, 3.63) is 41.1 Å². The van der Waals surface area contributed by atoms with Gasteiger partial charge in [0.1, 0.15) is 5.75 Å². The van der Waals surface area contributed by atoms with Crippen molar-refractivity contribution in [2.45, 2.75) is 51.1 Å². The quantitative estimate of drug-likeness (QED) is 0.614. The molecule has 0 bridgehead atoms. The number of likely N-dealkylation sites (tertiary alicyclic amines) is 2. The van der Waals surface area contributed by atoms with Crippen molar-refractivity contribution in [3.8, 4) is 5.75 Å². The van der Waals surface area contributed by atoms with Gasteiger partial charge >= 0.3 is 12.0 Å². The van der Waals surface area contributed by atoms with Crippen LogP contribution in [-0.4, -0.2) is 74.3 Å². The van der Waals surface area contributed by atoms with Crippen LogP contribution in [0.1, 0.15) is 50.6 Å². The Morgan fingerprint density at radius 3 is 2.39 bits per heavy atom. The highest BCUT2D eigenvalue weighted by molar-refractivity contribution is 5.95. The zero-order chi connectivity index (χ0) is 23.2. The van der Waals surface area contributed by atoms with Gasteiger partial charge in [0.15, 0.2) is 0 Å². The number of amides is 2. The van der Waals surface area contributed by atoms with Gasteiger partial charge in [0.2, 0.25) is 0 Å². The van der Waals surface area contributed by atoms with Crippen LogP contribution in [0.3, 0.4) is 0 Å². The van der Waals surface area contributed by atoms with Crippen molar-refractivity contribution in [1.82, 2.24) is 20.4 Å². The molecule has 1 aromatic carbocycles. The van der Waals surface area contributed by atoms with Crippen molar-refractivity contribution in [3.63, 3.8) is 0 Å². The molecule has 2 N–H and O–H groups in total. The van der Waals surface area contributed by atoms with Crippen LogP contribution < -0.4 is 15.4 Å². The lowest BCUT2D eigenvalue weighted by Gasteiger charge is -2.41. The van der Waals surface area contributed by atoms with Gasteiger partial charge in [-0.15, -0.1) is 0 Å². The van der Waals surface area contributed by atoms with Gasteiger partial charge in [0.05, 0.1) is 25.3 Å². The van der Waals surface area contributed by atoms with Crippen molar-refractivity contribution in [2.75, 3.05) is 46.4 Å². The lowest BCUT2D eigenvalue weighted by atomic mass is 9.94. The van der Waals surface area contributed by atoms with E-state index in [4.69, 9.17) is 9.47 Å². The third kappa shape index (κ3) is 5.68. The molecule has 2 saturated heterocycles. The molecule has 0 radical (unpaired) electrons. The molecule has 33 heavy (non-hydrogen) atoms. The van der Waals surface area contributed by atoms with E-state index >= 15 is 0 Å². The first-order chi connectivity index (χ1) is 16.1. The van der Waals surface area contributed by atoms with Crippen LogP contribution in [0.4, 0.5) is 4.79 Å². The minimum absolute atomic E-state index is 0.278. The molecule has 2 amide bonds. The molecule has 3 aliphatic rings. The summed E-state index contributed by atoms with van der Waals surface area (Å²) in [6.07, 6.45) is 6.21. The van der Waals surface area contributed by atoms with Crippen LogP contribution in [0.5, 0.6) is 5.75 Å². The average molecular weight is 457 g/mol. The summed E-state index contributed by atoms with van der Waals surface area (Å²) in [5.74, 6) is 0.321. The molecule has 2 fully saturated rings. The lowest BCUT2D eigenvalue weighted by Crippen LogP contribution is -2.51. The monoisotopic (exact) mass is 456 g/mol. The van der Waals surface area contributed by atoms with Crippen LogP contribution in [0.25, 0.3) is 0 Å². The van der Waals surface area contributed by atoms with E-state index in [1.54, 1.807) is 14.0 Å². The predicted octanol–water partition coefficient (Wildman–Crippen LogP) is 2.82. The minimum atomic E-state index is -0.565. The molecule has 8 nitrogen and oxygen atoms in total. The second-order valence-electron chi connectivity index (χ2n) is 9.02. The number of esters is 1. The Bertz CT molecular complexity index is 856. The van der Waals surface area contributed by atoms with Crippen molar-refractivity contribution < 1.29 is 19.1 Å². The molecule has 0 aliphatic carbocycles. The Morgan fingerprint density at radius 1 is 1.06 bits per heavy atom. The number of piperidine rings is 2. The third-order valence-electron chi connectivity index (χ3n) is 6.94. The van der Waals surface area contributed by atoms with Gasteiger partial charge < -0.3 is 25.0 Å². The average Bonchev–Trinajstić information content (AvgIpc) is 2.85. The van der Waals surface area contributed by atoms with Crippen molar-refractivity contribution >= 4 is 12.0 Å². The normalized spacial score (nSPS) is 23.1. The van der Waals surface area contributed by atoms with Crippen molar-refractivity contribution in [1.29, 1.82) is 0 Å². The maximum atomic E-state index is 13.0. The Morgan fingerprint density at radius 2 is 1.76 bits per heavy atom. The number of urea groups is 1. The van der Waals surface area contributed by atoms with E-state index in [-0.39, 0.29) is 12.6 Å². The fourth-order valence-electron chi connectivity index (χ4n) is 5.19. The summed E-state index contributed by atoms with van der Waals surface area (Å²) in [7, 11) is 1.61. The van der Waals surface area contributed by atoms with Gasteiger partial charge in [0, 0.05) is 31.4 Å². The standard InChI is InChI=1S/C25H36N4O4/c1-3-33-24(30)22-21(17-28-15-11-19(12-16-28)29-13-5-4-6-14-29)26-25(31)27-23(22)18-7-9-20(32-2)10-8-18/h7-10,19,23H,3-6,11-17H2,1-2H3,(H2,26,27,31). The van der Waals surface area contributed by atoms with Gasteiger partial charge in [0.25, 0.3) is 0 Å². The van der Waals surface area contributed by atoms with Gasteiger partial charge in [-0.3, -0.25) is 4.90 Å². The van der Waals surface area contributed by atoms with Crippen LogP contribution in [-0.2, 0) is 9.53 Å². The number of nitrogens with zero attached hydrogens (tertiary/aromatic N) is 2. The first-order valence-corrected chi connectivity index (χ1v) is 12.2. The lowest BCUT2D eigenvalue weighted by molar-refractivity contribution is -0.139. The maximum Gasteiger partial charge on any atom is 0.338 e. The van der Waals surface area contributed by atoms with Crippen LogP contribution in [0, 0.1) is 0 Å². The van der Waals surface area contributed by atoms with Gasteiger partial charge in [-0.05, 0) is 63.4 Å². The van der Waals surface area contributed by atoms with Crippen LogP contribution in [0.2, 0.25) is 0 Å². The molecule has 0 spiro atoms. The molecule has 4 rings (SSSR count). The summed E-state index contributed by atoms with van der Waals surface area (Å²) < 4.78 is 10.6. The van der Waals surface area contributed by atoms with E-state index in [0.29, 0.717) is 23.9 Å². The molecule has 1 unspecified atom stereocenters. The first-order valence-electron chi connectivity index (χ1n) is 12.2. The molecule has 180 valence electrons. The van der Waals surface area contributed by atoms with E-state index in [1.807, 2.05) is 24.3 Å². The molecule has 3 heterocycles. The summed E-state index contributed by atoms with van der Waals surface area (Å²) in [6, 6.07) is 7.18. The second kappa shape index (κ2) is 11.0. The summed E-state index contributed by atoms with van der Waals surface area (Å²) in [5, 5.41) is 5.80. The third-order valence-corrected chi connectivity index (χ3v) is 6.94. The topological polar surface area (TPSA) is 83.1 Å². The molecule has 0 saturated carbocycles. The fourth-order valence-corrected chi connectivity index (χ4v) is 5.19. The summed E-state index contributed by atoms with van der Waals surface area (Å²) in [6.45, 7) is 6.94. The van der Waals surface area contributed by atoms with E-state index in [2.05, 4.69) is 20.4 Å². The number of hydrogen-bond donors (Lipinski definition) is 2. The van der Waals surface area contributed by atoms with E-state index in [1.165, 1.54) is 32.4 Å². The number of rotatable bonds is 7. The molecular formula is C25H36N4O4. The van der Waals surface area contributed by atoms with Crippen LogP contribution >= 0.6 is 0 Å².